The molecule has 0 aliphatic carbocycles. The van der Waals surface area contributed by atoms with E-state index in [1.165, 1.54) is 32.4 Å². The molecule has 0 aromatic heterocycles. The third-order valence-electron chi connectivity index (χ3n) is 4.57. The van der Waals surface area contributed by atoms with Gasteiger partial charge in [0.25, 0.3) is 0 Å². The molecule has 2 N–H and O–H groups in total. The number of piperidine rings is 1. The molecule has 1 fully saturated rings. The molecule has 0 saturated carbocycles. The van der Waals surface area contributed by atoms with E-state index in [-0.39, 0.29) is 24.0 Å². The fourth-order valence-corrected chi connectivity index (χ4v) is 3.25. The Morgan fingerprint density at radius 1 is 1.15 bits per heavy atom. The summed E-state index contributed by atoms with van der Waals surface area (Å²) in [6.45, 7) is 9.56. The molecule has 1 aromatic rings. The lowest BCUT2D eigenvalue weighted by Crippen LogP contribution is -2.35. The summed E-state index contributed by atoms with van der Waals surface area (Å²) in [7, 11) is 3.28. The molecule has 154 valence electrons. The molecule has 1 aliphatic rings. The molecule has 6 nitrogen and oxygen atoms in total. The van der Waals surface area contributed by atoms with Crippen LogP contribution >= 0.6 is 24.0 Å². The van der Waals surface area contributed by atoms with Crippen molar-refractivity contribution in [2.24, 2.45) is 10.9 Å². The van der Waals surface area contributed by atoms with Gasteiger partial charge in [0, 0.05) is 31.4 Å². The summed E-state index contributed by atoms with van der Waals surface area (Å²) in [5.74, 6) is 2.75. The number of benzene rings is 1. The van der Waals surface area contributed by atoms with Gasteiger partial charge in [0.15, 0.2) is 17.5 Å². The van der Waals surface area contributed by atoms with Gasteiger partial charge in [-0.2, -0.15) is 0 Å². The summed E-state index contributed by atoms with van der Waals surface area (Å²) >= 11 is 0. The second kappa shape index (κ2) is 13.0. The maximum Gasteiger partial charge on any atom is 0.195 e. The fraction of sp³-hybridized carbons (Fsp3) is 0.650. The monoisotopic (exact) mass is 490 g/mol. The molecule has 0 amide bonds. The predicted molar refractivity (Wildman–Crippen MR) is 124 cm³/mol. The zero-order valence-corrected chi connectivity index (χ0v) is 19.4. The van der Waals surface area contributed by atoms with E-state index in [2.05, 4.69) is 29.4 Å². The highest BCUT2D eigenvalue weighted by Gasteiger charge is 2.13. The first-order chi connectivity index (χ1) is 12.7. The minimum atomic E-state index is 0. The van der Waals surface area contributed by atoms with Crippen molar-refractivity contribution in [1.29, 1.82) is 0 Å². The Hall–Kier alpha value is -1.22. The molecule has 27 heavy (non-hydrogen) atoms. The van der Waals surface area contributed by atoms with E-state index in [0.717, 1.165) is 37.0 Å². The van der Waals surface area contributed by atoms with Gasteiger partial charge in [0.2, 0.25) is 0 Å². The van der Waals surface area contributed by atoms with Crippen LogP contribution in [0.2, 0.25) is 0 Å². The Morgan fingerprint density at radius 3 is 2.48 bits per heavy atom. The number of nitrogens with zero attached hydrogens (tertiary/aromatic N) is 2. The van der Waals surface area contributed by atoms with Gasteiger partial charge in [-0.3, -0.25) is 4.99 Å². The maximum absolute atomic E-state index is 5.37. The number of hydrogen-bond donors (Lipinski definition) is 2. The van der Waals surface area contributed by atoms with Crippen LogP contribution in [-0.4, -0.2) is 57.8 Å². The van der Waals surface area contributed by atoms with E-state index in [0.29, 0.717) is 11.7 Å². The highest BCUT2D eigenvalue weighted by molar-refractivity contribution is 14.0. The number of halogens is 1. The second-order valence-corrected chi connectivity index (χ2v) is 6.88. The lowest BCUT2D eigenvalue weighted by atomic mass is 10.1. The van der Waals surface area contributed by atoms with Crippen LogP contribution in [0.4, 0.5) is 5.69 Å². The van der Waals surface area contributed by atoms with Crippen LogP contribution in [-0.2, 0) is 0 Å². The van der Waals surface area contributed by atoms with Crippen LogP contribution in [0.1, 0.15) is 33.1 Å². The minimum absolute atomic E-state index is 0. The number of likely N-dealkylation sites (tertiary alicyclic amines) is 1. The normalized spacial score (nSPS) is 16.2. The van der Waals surface area contributed by atoms with Gasteiger partial charge < -0.3 is 25.0 Å². The molecule has 1 atom stereocenters. The van der Waals surface area contributed by atoms with Crippen molar-refractivity contribution in [3.8, 4) is 11.5 Å². The summed E-state index contributed by atoms with van der Waals surface area (Å²) in [5, 5.41) is 6.66. The van der Waals surface area contributed by atoms with Gasteiger partial charge >= 0.3 is 0 Å². The zero-order valence-electron chi connectivity index (χ0n) is 17.1. The second-order valence-electron chi connectivity index (χ2n) is 6.88. The smallest absolute Gasteiger partial charge is 0.195 e. The largest absolute Gasteiger partial charge is 0.493 e. The Balaban J connectivity index is 0.00000364. The van der Waals surface area contributed by atoms with Gasteiger partial charge in [-0.1, -0.05) is 13.3 Å². The number of nitrogens with one attached hydrogen (secondary N) is 2. The molecule has 0 radical (unpaired) electrons. The summed E-state index contributed by atoms with van der Waals surface area (Å²) in [5.41, 5.74) is 0.922. The van der Waals surface area contributed by atoms with Gasteiger partial charge in [-0.05, 0) is 50.9 Å². The molecule has 7 heteroatoms. The van der Waals surface area contributed by atoms with E-state index >= 15 is 0 Å². The summed E-state index contributed by atoms with van der Waals surface area (Å²) < 4.78 is 10.7. The summed E-state index contributed by atoms with van der Waals surface area (Å²) in [6, 6.07) is 5.78. The molecule has 0 bridgehead atoms. The number of rotatable bonds is 8. The fourth-order valence-electron chi connectivity index (χ4n) is 3.25. The number of methoxy groups -OCH3 is 2. The van der Waals surface area contributed by atoms with Gasteiger partial charge in [-0.15, -0.1) is 24.0 Å². The maximum atomic E-state index is 5.37. The van der Waals surface area contributed by atoms with Gasteiger partial charge in [0.1, 0.15) is 0 Å². The van der Waals surface area contributed by atoms with Crippen molar-refractivity contribution in [1.82, 2.24) is 10.2 Å². The highest BCUT2D eigenvalue weighted by atomic mass is 127. The standard InChI is InChI=1S/C20H34N4O2.HI/c1-5-21-20(22-14-16(2)15-24-11-7-6-8-12-24)23-17-9-10-18(25-3)19(13-17)26-4;/h9-10,13,16H,5-8,11-12,14-15H2,1-4H3,(H2,21,22,23);1H. The molecule has 1 saturated heterocycles. The number of guanidine groups is 1. The molecule has 1 heterocycles. The van der Waals surface area contributed by atoms with E-state index < -0.39 is 0 Å². The molecular formula is C20H35IN4O2. The summed E-state index contributed by atoms with van der Waals surface area (Å²) in [6.07, 6.45) is 4.04. The average Bonchev–Trinajstić information content (AvgIpc) is 2.67. The van der Waals surface area contributed by atoms with Crippen LogP contribution in [0.3, 0.4) is 0 Å². The summed E-state index contributed by atoms with van der Waals surface area (Å²) in [4.78, 5) is 7.34. The molecular weight excluding hydrogens is 455 g/mol. The number of anilines is 1. The van der Waals surface area contributed by atoms with Crippen molar-refractivity contribution in [3.05, 3.63) is 18.2 Å². The topological polar surface area (TPSA) is 58.1 Å². The van der Waals surface area contributed by atoms with Crippen molar-refractivity contribution in [3.63, 3.8) is 0 Å². The number of aliphatic imine (C=N–C) groups is 1. The van der Waals surface area contributed by atoms with Crippen LogP contribution in [0, 0.1) is 5.92 Å². The highest BCUT2D eigenvalue weighted by Crippen LogP contribution is 2.29. The molecule has 1 aromatic carbocycles. The zero-order chi connectivity index (χ0) is 18.8. The predicted octanol–water partition coefficient (Wildman–Crippen LogP) is 3.82. The van der Waals surface area contributed by atoms with E-state index in [1.54, 1.807) is 14.2 Å². The van der Waals surface area contributed by atoms with Gasteiger partial charge in [-0.25, -0.2) is 0 Å². The van der Waals surface area contributed by atoms with Crippen molar-refractivity contribution in [2.45, 2.75) is 33.1 Å². The van der Waals surface area contributed by atoms with E-state index in [1.807, 2.05) is 18.2 Å². The molecule has 1 unspecified atom stereocenters. The Bertz CT molecular complexity index is 577. The SMILES string of the molecule is CCNC(=NCC(C)CN1CCCCC1)Nc1ccc(OC)c(OC)c1.I. The molecule has 1 aliphatic heterocycles. The van der Waals surface area contributed by atoms with E-state index in [9.17, 15) is 0 Å². The van der Waals surface area contributed by atoms with Crippen LogP contribution in [0.5, 0.6) is 11.5 Å². The molecule has 2 rings (SSSR count). The van der Waals surface area contributed by atoms with Crippen molar-refractivity contribution < 1.29 is 9.47 Å². The third-order valence-corrected chi connectivity index (χ3v) is 4.57. The first-order valence-electron chi connectivity index (χ1n) is 9.66. The number of ether oxygens (including phenoxy) is 2. The average molecular weight is 490 g/mol. The van der Waals surface area contributed by atoms with E-state index in [4.69, 9.17) is 14.5 Å². The lowest BCUT2D eigenvalue weighted by molar-refractivity contribution is 0.203. The lowest BCUT2D eigenvalue weighted by Gasteiger charge is -2.28. The molecule has 0 spiro atoms. The number of hydrogen-bond acceptors (Lipinski definition) is 4. The Labute approximate surface area is 181 Å². The van der Waals surface area contributed by atoms with Crippen LogP contribution < -0.4 is 20.1 Å². The van der Waals surface area contributed by atoms with Crippen molar-refractivity contribution in [2.75, 3.05) is 52.3 Å². The Morgan fingerprint density at radius 2 is 1.85 bits per heavy atom. The Kier molecular flexibility index (Phi) is 11.5. The third kappa shape index (κ3) is 8.13. The van der Waals surface area contributed by atoms with Crippen molar-refractivity contribution >= 4 is 35.6 Å². The minimum Gasteiger partial charge on any atom is -0.493 e. The van der Waals surface area contributed by atoms with Crippen LogP contribution in [0.25, 0.3) is 0 Å². The van der Waals surface area contributed by atoms with Gasteiger partial charge in [0.05, 0.1) is 14.2 Å². The first-order valence-corrected chi connectivity index (χ1v) is 9.66. The van der Waals surface area contributed by atoms with Crippen LogP contribution in [0.15, 0.2) is 23.2 Å². The first kappa shape index (κ1) is 23.8. The quantitative estimate of drug-likeness (QED) is 0.330.